The van der Waals surface area contributed by atoms with Crippen LogP contribution in [0.5, 0.6) is 0 Å². The molecule has 0 atom stereocenters. The van der Waals surface area contributed by atoms with Crippen molar-refractivity contribution in [3.05, 3.63) is 33.3 Å². The molecule has 4 nitrogen and oxygen atoms in total. The average molecular weight is 291 g/mol. The maximum atomic E-state index is 5.03. The number of nitrogens with zero attached hydrogens (tertiary/aromatic N) is 2. The number of ether oxygens (including phenoxy) is 1. The van der Waals surface area contributed by atoms with E-state index in [-0.39, 0.29) is 0 Å². The molecule has 0 unspecified atom stereocenters. The van der Waals surface area contributed by atoms with Gasteiger partial charge in [0.1, 0.15) is 0 Å². The zero-order valence-electron chi connectivity index (χ0n) is 12.5. The Morgan fingerprint density at radius 1 is 1.15 bits per heavy atom. The van der Waals surface area contributed by atoms with Crippen molar-refractivity contribution in [2.24, 2.45) is 0 Å². The third-order valence-corrected chi connectivity index (χ3v) is 4.16. The fraction of sp³-hybridized carbons (Fsp3) is 0.467. The minimum atomic E-state index is 0.713. The van der Waals surface area contributed by atoms with Crippen LogP contribution in [-0.2, 0) is 11.3 Å². The Bertz CT molecular complexity index is 557. The van der Waals surface area contributed by atoms with Gasteiger partial charge >= 0.3 is 0 Å². The van der Waals surface area contributed by atoms with Crippen LogP contribution in [0, 0.1) is 20.8 Å². The van der Waals surface area contributed by atoms with Gasteiger partial charge in [-0.1, -0.05) is 0 Å². The summed E-state index contributed by atoms with van der Waals surface area (Å²) in [5.74, 6) is 0.833. The quantitative estimate of drug-likeness (QED) is 0.831. The molecule has 0 saturated carbocycles. The van der Waals surface area contributed by atoms with Crippen LogP contribution in [0.1, 0.15) is 22.5 Å². The third-order valence-electron chi connectivity index (χ3n) is 3.30. The van der Waals surface area contributed by atoms with Gasteiger partial charge in [-0.15, -0.1) is 0 Å². The Morgan fingerprint density at radius 3 is 2.40 bits per heavy atom. The van der Waals surface area contributed by atoms with Crippen LogP contribution in [0.15, 0.2) is 10.8 Å². The number of hydrogen-bond acceptors (Lipinski definition) is 5. The summed E-state index contributed by atoms with van der Waals surface area (Å²) in [6.07, 6.45) is 0. The first-order valence-electron chi connectivity index (χ1n) is 6.70. The van der Waals surface area contributed by atoms with Crippen molar-refractivity contribution in [3.8, 4) is 11.4 Å². The van der Waals surface area contributed by atoms with E-state index in [0.717, 1.165) is 35.9 Å². The first-order chi connectivity index (χ1) is 9.63. The van der Waals surface area contributed by atoms with E-state index in [1.54, 1.807) is 18.4 Å². The number of thiophene rings is 1. The molecule has 1 N–H and O–H groups in total. The van der Waals surface area contributed by atoms with Gasteiger partial charge in [-0.2, -0.15) is 11.3 Å². The topological polar surface area (TPSA) is 47.0 Å². The third kappa shape index (κ3) is 3.42. The number of aromatic nitrogens is 2. The first-order valence-corrected chi connectivity index (χ1v) is 7.64. The van der Waals surface area contributed by atoms with Crippen LogP contribution in [0.3, 0.4) is 0 Å². The van der Waals surface area contributed by atoms with Gasteiger partial charge in [-0.3, -0.25) is 0 Å². The summed E-state index contributed by atoms with van der Waals surface area (Å²) < 4.78 is 5.03. The number of methoxy groups -OCH3 is 1. The molecule has 2 aromatic rings. The average Bonchev–Trinajstić information content (AvgIpc) is 2.83. The molecular weight excluding hydrogens is 270 g/mol. The van der Waals surface area contributed by atoms with Gasteiger partial charge in [0.15, 0.2) is 5.82 Å². The first kappa shape index (κ1) is 15.1. The van der Waals surface area contributed by atoms with Gasteiger partial charge in [0.2, 0.25) is 0 Å². The van der Waals surface area contributed by atoms with Crippen molar-refractivity contribution >= 4 is 11.3 Å². The molecule has 5 heteroatoms. The van der Waals surface area contributed by atoms with Gasteiger partial charge in [-0.25, -0.2) is 9.97 Å². The van der Waals surface area contributed by atoms with E-state index in [4.69, 9.17) is 4.74 Å². The molecule has 0 radical (unpaired) electrons. The Balaban J connectivity index is 2.19. The highest BCUT2D eigenvalue weighted by Crippen LogP contribution is 2.25. The zero-order valence-corrected chi connectivity index (χ0v) is 13.3. The Morgan fingerprint density at radius 2 is 1.85 bits per heavy atom. The molecule has 20 heavy (non-hydrogen) atoms. The lowest BCUT2D eigenvalue weighted by molar-refractivity contribution is 0.199. The van der Waals surface area contributed by atoms with Crippen LogP contribution < -0.4 is 5.32 Å². The minimum absolute atomic E-state index is 0.713. The molecule has 0 aliphatic carbocycles. The second kappa shape index (κ2) is 6.92. The van der Waals surface area contributed by atoms with E-state index < -0.39 is 0 Å². The van der Waals surface area contributed by atoms with Gasteiger partial charge in [-0.05, 0) is 31.7 Å². The lowest BCUT2D eigenvalue weighted by Gasteiger charge is -2.11. The standard InChI is InChI=1S/C15H21N3OS/c1-10-8-20-9-14(10)15-17-11(2)13(12(3)18-15)7-16-5-6-19-4/h8-9,16H,5-7H2,1-4H3. The molecule has 108 valence electrons. The molecule has 0 bridgehead atoms. The number of rotatable bonds is 6. The molecular formula is C15H21N3OS. The normalized spacial score (nSPS) is 11.0. The molecule has 2 rings (SSSR count). The highest BCUT2D eigenvalue weighted by atomic mass is 32.1. The van der Waals surface area contributed by atoms with Crippen molar-refractivity contribution in [3.63, 3.8) is 0 Å². The summed E-state index contributed by atoms with van der Waals surface area (Å²) in [5.41, 5.74) is 5.64. The van der Waals surface area contributed by atoms with Gasteiger partial charge in [0.25, 0.3) is 0 Å². The molecule has 0 saturated heterocycles. The summed E-state index contributed by atoms with van der Waals surface area (Å²) in [7, 11) is 1.71. The number of hydrogen-bond donors (Lipinski definition) is 1. The lowest BCUT2D eigenvalue weighted by atomic mass is 10.1. The molecule has 0 spiro atoms. The monoisotopic (exact) mass is 291 g/mol. The molecule has 0 aromatic carbocycles. The molecule has 2 aromatic heterocycles. The summed E-state index contributed by atoms with van der Waals surface area (Å²) in [5, 5.41) is 7.59. The predicted molar refractivity (Wildman–Crippen MR) is 83.1 cm³/mol. The lowest BCUT2D eigenvalue weighted by Crippen LogP contribution is -2.20. The fourth-order valence-electron chi connectivity index (χ4n) is 2.09. The van der Waals surface area contributed by atoms with Crippen LogP contribution in [0.25, 0.3) is 11.4 Å². The van der Waals surface area contributed by atoms with Gasteiger partial charge in [0, 0.05) is 48.1 Å². The Hall–Kier alpha value is -1.30. The summed E-state index contributed by atoms with van der Waals surface area (Å²) in [4.78, 5) is 9.32. The smallest absolute Gasteiger partial charge is 0.160 e. The highest BCUT2D eigenvalue weighted by molar-refractivity contribution is 7.08. The summed E-state index contributed by atoms with van der Waals surface area (Å²) in [6, 6.07) is 0. The molecule has 2 heterocycles. The van der Waals surface area contributed by atoms with Crippen molar-refractivity contribution in [2.75, 3.05) is 20.3 Å². The van der Waals surface area contributed by atoms with Crippen LogP contribution in [0.2, 0.25) is 0 Å². The van der Waals surface area contributed by atoms with Gasteiger partial charge in [0.05, 0.1) is 6.61 Å². The van der Waals surface area contributed by atoms with Gasteiger partial charge < -0.3 is 10.1 Å². The maximum Gasteiger partial charge on any atom is 0.160 e. The predicted octanol–water partition coefficient (Wildman–Crippen LogP) is 2.87. The van der Waals surface area contributed by atoms with Crippen molar-refractivity contribution in [2.45, 2.75) is 27.3 Å². The second-order valence-electron chi connectivity index (χ2n) is 4.83. The largest absolute Gasteiger partial charge is 0.383 e. The highest BCUT2D eigenvalue weighted by Gasteiger charge is 2.11. The summed E-state index contributed by atoms with van der Waals surface area (Å²) >= 11 is 1.69. The van der Waals surface area contributed by atoms with Crippen LogP contribution >= 0.6 is 11.3 Å². The Kier molecular flexibility index (Phi) is 5.23. The molecule has 0 aliphatic heterocycles. The zero-order chi connectivity index (χ0) is 14.5. The molecule has 0 fully saturated rings. The van der Waals surface area contributed by atoms with E-state index in [0.29, 0.717) is 6.61 Å². The SMILES string of the molecule is COCCNCc1c(C)nc(-c2cscc2C)nc1C. The number of nitrogens with one attached hydrogen (secondary N) is 1. The van der Waals surface area contributed by atoms with Crippen LogP contribution in [-0.4, -0.2) is 30.2 Å². The molecule has 0 amide bonds. The van der Waals surface area contributed by atoms with E-state index in [1.165, 1.54) is 11.1 Å². The maximum absolute atomic E-state index is 5.03. The van der Waals surface area contributed by atoms with Crippen LogP contribution in [0.4, 0.5) is 0 Å². The van der Waals surface area contributed by atoms with Crippen molar-refractivity contribution in [1.29, 1.82) is 0 Å². The minimum Gasteiger partial charge on any atom is -0.383 e. The van der Waals surface area contributed by atoms with E-state index in [9.17, 15) is 0 Å². The van der Waals surface area contributed by atoms with E-state index in [1.807, 2.05) is 13.8 Å². The van der Waals surface area contributed by atoms with Crippen molar-refractivity contribution in [1.82, 2.24) is 15.3 Å². The summed E-state index contributed by atoms with van der Waals surface area (Å²) in [6.45, 7) is 8.52. The number of aryl methyl sites for hydroxylation is 3. The second-order valence-corrected chi connectivity index (χ2v) is 5.58. The molecule has 0 aliphatic rings. The van der Waals surface area contributed by atoms with Crippen molar-refractivity contribution < 1.29 is 4.74 Å². The van der Waals surface area contributed by atoms with E-state index in [2.05, 4.69) is 33.0 Å². The van der Waals surface area contributed by atoms with E-state index >= 15 is 0 Å². The fourth-order valence-corrected chi connectivity index (χ4v) is 2.92. The Labute approximate surface area is 124 Å².